The zero-order valence-corrected chi connectivity index (χ0v) is 19.5. The van der Waals surface area contributed by atoms with Crippen LogP contribution in [0.1, 0.15) is 15.9 Å². The Bertz CT molecular complexity index is 1280. The number of rotatable bonds is 5. The molecule has 1 amide bonds. The zero-order valence-electron chi connectivity index (χ0n) is 18.7. The summed E-state index contributed by atoms with van der Waals surface area (Å²) >= 11 is 1.68. The largest absolute Gasteiger partial charge is 0.494 e. The van der Waals surface area contributed by atoms with Crippen molar-refractivity contribution < 1.29 is 14.3 Å². The average Bonchev–Trinajstić information content (AvgIpc) is 3.31. The van der Waals surface area contributed by atoms with Crippen molar-refractivity contribution in [2.75, 3.05) is 38.2 Å². The summed E-state index contributed by atoms with van der Waals surface area (Å²) in [5.74, 6) is 2.22. The van der Waals surface area contributed by atoms with Crippen molar-refractivity contribution in [2.45, 2.75) is 6.92 Å². The number of para-hydroxylation sites is 1. The van der Waals surface area contributed by atoms with Gasteiger partial charge in [-0.2, -0.15) is 0 Å². The van der Waals surface area contributed by atoms with Crippen LogP contribution >= 0.6 is 11.3 Å². The van der Waals surface area contributed by atoms with Crippen molar-refractivity contribution in [3.63, 3.8) is 0 Å². The molecule has 0 radical (unpaired) electrons. The summed E-state index contributed by atoms with van der Waals surface area (Å²) in [7, 11) is 1.67. The number of fused-ring (bicyclic) bond motifs is 1. The SMILES string of the molecule is COc1ccc(C)c2sc(N3CCN(C(=O)c4cccc(Oc5ccccc5)c4)CC3)nc12. The number of carbonyl (C=O) groups is 1. The van der Waals surface area contributed by atoms with Gasteiger partial charge >= 0.3 is 0 Å². The second kappa shape index (κ2) is 9.11. The number of aryl methyl sites for hydroxylation is 1. The fraction of sp³-hybridized carbons (Fsp3) is 0.231. The topological polar surface area (TPSA) is 54.9 Å². The maximum atomic E-state index is 13.1. The van der Waals surface area contributed by atoms with Gasteiger partial charge in [0, 0.05) is 31.7 Å². The molecule has 0 atom stereocenters. The molecule has 3 aromatic carbocycles. The highest BCUT2D eigenvalue weighted by Gasteiger charge is 2.25. The number of hydrogen-bond acceptors (Lipinski definition) is 6. The molecule has 1 aliphatic heterocycles. The lowest BCUT2D eigenvalue weighted by atomic mass is 10.1. The average molecular weight is 460 g/mol. The Morgan fingerprint density at radius 2 is 1.70 bits per heavy atom. The van der Waals surface area contributed by atoms with E-state index in [4.69, 9.17) is 14.5 Å². The lowest BCUT2D eigenvalue weighted by Gasteiger charge is -2.34. The molecule has 0 saturated carbocycles. The van der Waals surface area contributed by atoms with Gasteiger partial charge < -0.3 is 19.3 Å². The van der Waals surface area contributed by atoms with Gasteiger partial charge in [-0.05, 0) is 48.9 Å². The molecule has 1 saturated heterocycles. The van der Waals surface area contributed by atoms with Crippen molar-refractivity contribution >= 4 is 32.6 Å². The van der Waals surface area contributed by atoms with Crippen LogP contribution in [0.25, 0.3) is 10.2 Å². The molecule has 0 aliphatic carbocycles. The number of ether oxygens (including phenoxy) is 2. The Labute approximate surface area is 197 Å². The molecule has 1 aliphatic rings. The summed E-state index contributed by atoms with van der Waals surface area (Å²) < 4.78 is 12.5. The normalized spacial score (nSPS) is 13.9. The molecule has 0 spiro atoms. The molecule has 168 valence electrons. The molecule has 0 N–H and O–H groups in total. The standard InChI is InChI=1S/C26H25N3O3S/c1-18-11-12-22(31-2)23-24(18)33-26(27-23)29-15-13-28(14-16-29)25(30)19-7-6-10-21(17-19)32-20-8-4-3-5-9-20/h3-12,17H,13-16H2,1-2H3. The highest BCUT2D eigenvalue weighted by atomic mass is 32.1. The number of anilines is 1. The van der Waals surface area contributed by atoms with Gasteiger partial charge in [-0.25, -0.2) is 4.98 Å². The lowest BCUT2D eigenvalue weighted by molar-refractivity contribution is 0.0746. The van der Waals surface area contributed by atoms with Gasteiger partial charge in [0.1, 0.15) is 22.8 Å². The van der Waals surface area contributed by atoms with Gasteiger partial charge in [-0.3, -0.25) is 4.79 Å². The third kappa shape index (κ3) is 4.36. The highest BCUT2D eigenvalue weighted by molar-refractivity contribution is 7.22. The fourth-order valence-electron chi connectivity index (χ4n) is 4.00. The van der Waals surface area contributed by atoms with Gasteiger partial charge in [0.05, 0.1) is 11.8 Å². The summed E-state index contributed by atoms with van der Waals surface area (Å²) in [5.41, 5.74) is 2.74. The van der Waals surface area contributed by atoms with E-state index in [1.165, 1.54) is 5.56 Å². The van der Waals surface area contributed by atoms with E-state index < -0.39 is 0 Å². The van der Waals surface area contributed by atoms with Crippen molar-refractivity contribution in [3.05, 3.63) is 77.9 Å². The molecule has 7 heteroatoms. The summed E-state index contributed by atoms with van der Waals surface area (Å²) in [5, 5.41) is 0.975. The molecule has 1 fully saturated rings. The summed E-state index contributed by atoms with van der Waals surface area (Å²) in [6.45, 7) is 4.87. The minimum absolute atomic E-state index is 0.0231. The Morgan fingerprint density at radius 3 is 2.45 bits per heavy atom. The Morgan fingerprint density at radius 1 is 0.939 bits per heavy atom. The quantitative estimate of drug-likeness (QED) is 0.402. The van der Waals surface area contributed by atoms with Crippen LogP contribution in [-0.4, -0.2) is 49.1 Å². The summed E-state index contributed by atoms with van der Waals surface area (Å²) in [6, 6.07) is 21.0. The summed E-state index contributed by atoms with van der Waals surface area (Å²) in [4.78, 5) is 22.1. The van der Waals surface area contributed by atoms with E-state index in [1.54, 1.807) is 18.4 Å². The first-order chi connectivity index (χ1) is 16.1. The molecule has 2 heterocycles. The second-order valence-electron chi connectivity index (χ2n) is 7.98. The van der Waals surface area contributed by atoms with Gasteiger partial charge in [-0.15, -0.1) is 0 Å². The molecule has 0 unspecified atom stereocenters. The van der Waals surface area contributed by atoms with Crippen LogP contribution in [-0.2, 0) is 0 Å². The predicted molar refractivity (Wildman–Crippen MR) is 132 cm³/mol. The highest BCUT2D eigenvalue weighted by Crippen LogP contribution is 2.36. The van der Waals surface area contributed by atoms with Gasteiger partial charge in [-0.1, -0.05) is 41.7 Å². The van der Waals surface area contributed by atoms with Gasteiger partial charge in [0.15, 0.2) is 5.13 Å². The van der Waals surface area contributed by atoms with Crippen LogP contribution in [0.5, 0.6) is 17.2 Å². The molecule has 6 nitrogen and oxygen atoms in total. The van der Waals surface area contributed by atoms with E-state index in [0.29, 0.717) is 24.4 Å². The summed E-state index contributed by atoms with van der Waals surface area (Å²) in [6.07, 6.45) is 0. The van der Waals surface area contributed by atoms with E-state index in [-0.39, 0.29) is 5.91 Å². The van der Waals surface area contributed by atoms with Crippen LogP contribution in [0, 0.1) is 6.92 Å². The van der Waals surface area contributed by atoms with Crippen molar-refractivity contribution in [1.29, 1.82) is 0 Å². The molecule has 4 aromatic rings. The Hall–Kier alpha value is -3.58. The third-order valence-electron chi connectivity index (χ3n) is 5.81. The first-order valence-electron chi connectivity index (χ1n) is 10.9. The molecule has 33 heavy (non-hydrogen) atoms. The molecular weight excluding hydrogens is 434 g/mol. The van der Waals surface area contributed by atoms with Gasteiger partial charge in [0.2, 0.25) is 0 Å². The minimum atomic E-state index is 0.0231. The molecule has 1 aromatic heterocycles. The van der Waals surface area contributed by atoms with Crippen molar-refractivity contribution in [3.8, 4) is 17.2 Å². The maximum absolute atomic E-state index is 13.1. The number of amides is 1. The van der Waals surface area contributed by atoms with E-state index in [2.05, 4.69) is 17.9 Å². The van der Waals surface area contributed by atoms with Crippen LogP contribution < -0.4 is 14.4 Å². The molecule has 0 bridgehead atoms. The fourth-order valence-corrected chi connectivity index (χ4v) is 5.10. The number of carbonyl (C=O) groups excluding carboxylic acids is 1. The maximum Gasteiger partial charge on any atom is 0.254 e. The van der Waals surface area contributed by atoms with Crippen LogP contribution in [0.15, 0.2) is 66.7 Å². The van der Waals surface area contributed by atoms with E-state index in [9.17, 15) is 4.79 Å². The zero-order chi connectivity index (χ0) is 22.8. The van der Waals surface area contributed by atoms with Crippen molar-refractivity contribution in [2.24, 2.45) is 0 Å². The lowest BCUT2D eigenvalue weighted by Crippen LogP contribution is -2.48. The van der Waals surface area contributed by atoms with Crippen molar-refractivity contribution in [1.82, 2.24) is 9.88 Å². The number of nitrogens with zero attached hydrogens (tertiary/aromatic N) is 3. The number of methoxy groups -OCH3 is 1. The van der Waals surface area contributed by atoms with Crippen LogP contribution in [0.2, 0.25) is 0 Å². The second-order valence-corrected chi connectivity index (χ2v) is 8.96. The number of hydrogen-bond donors (Lipinski definition) is 0. The minimum Gasteiger partial charge on any atom is -0.494 e. The molecule has 5 rings (SSSR count). The first-order valence-corrected chi connectivity index (χ1v) is 11.8. The third-order valence-corrected chi connectivity index (χ3v) is 7.06. The first kappa shape index (κ1) is 21.3. The number of thiazole rings is 1. The number of aromatic nitrogens is 1. The predicted octanol–water partition coefficient (Wildman–Crippen LogP) is 5.37. The number of benzene rings is 3. The Balaban J connectivity index is 1.27. The van der Waals surface area contributed by atoms with E-state index in [1.807, 2.05) is 65.6 Å². The molecular formula is C26H25N3O3S. The van der Waals surface area contributed by atoms with E-state index in [0.717, 1.165) is 39.9 Å². The van der Waals surface area contributed by atoms with E-state index >= 15 is 0 Å². The number of piperazine rings is 1. The van der Waals surface area contributed by atoms with Gasteiger partial charge in [0.25, 0.3) is 5.91 Å². The van der Waals surface area contributed by atoms with Crippen LogP contribution in [0.3, 0.4) is 0 Å². The van der Waals surface area contributed by atoms with Crippen LogP contribution in [0.4, 0.5) is 5.13 Å². The Kier molecular flexibility index (Phi) is 5.88. The smallest absolute Gasteiger partial charge is 0.254 e. The monoisotopic (exact) mass is 459 g/mol.